The van der Waals surface area contributed by atoms with Gasteiger partial charge in [0, 0.05) is 17.8 Å². The van der Waals surface area contributed by atoms with Crippen molar-refractivity contribution in [3.05, 3.63) is 66.0 Å². The van der Waals surface area contributed by atoms with Gasteiger partial charge in [-0.25, -0.2) is 0 Å². The van der Waals surface area contributed by atoms with E-state index in [1.165, 1.54) is 0 Å². The van der Waals surface area contributed by atoms with Gasteiger partial charge in [-0.15, -0.1) is 0 Å². The number of likely N-dealkylation sites (tertiary alicyclic amines) is 1. The van der Waals surface area contributed by atoms with E-state index >= 15 is 0 Å². The largest absolute Gasteiger partial charge is 0.493 e. The Bertz CT molecular complexity index is 1050. The molecule has 30 heavy (non-hydrogen) atoms. The molecule has 3 aromatic rings. The number of aliphatic carboxylic acids is 1. The van der Waals surface area contributed by atoms with Crippen LogP contribution in [0.15, 0.2) is 54.9 Å². The minimum atomic E-state index is -0.773. The van der Waals surface area contributed by atoms with Gasteiger partial charge in [0.1, 0.15) is 6.04 Å². The third-order valence-electron chi connectivity index (χ3n) is 5.86. The number of carbonyl (C=O) groups is 1. The van der Waals surface area contributed by atoms with Crippen LogP contribution in [0, 0.1) is 0 Å². The predicted octanol–water partition coefficient (Wildman–Crippen LogP) is 4.28. The van der Waals surface area contributed by atoms with Crippen LogP contribution in [0.25, 0.3) is 10.8 Å². The second-order valence-electron chi connectivity index (χ2n) is 7.59. The lowest BCUT2D eigenvalue weighted by atomic mass is 9.90. The van der Waals surface area contributed by atoms with Gasteiger partial charge in [-0.05, 0) is 60.2 Å². The SMILES string of the molecule is COc1ccc(C(c2ccc3cnccc3c2)N2CCCCC2C(=O)O)cc1OC. The number of nitrogens with zero attached hydrogens (tertiary/aromatic N) is 2. The molecule has 2 atom stereocenters. The number of ether oxygens (including phenoxy) is 2. The molecule has 1 aliphatic rings. The van der Waals surface area contributed by atoms with E-state index in [0.717, 1.165) is 41.3 Å². The molecule has 0 bridgehead atoms. The highest BCUT2D eigenvalue weighted by Gasteiger charge is 2.35. The van der Waals surface area contributed by atoms with Gasteiger partial charge in [-0.3, -0.25) is 14.7 Å². The van der Waals surface area contributed by atoms with Gasteiger partial charge in [-0.1, -0.05) is 24.6 Å². The number of carboxylic acid groups (broad SMARTS) is 1. The molecule has 1 saturated heterocycles. The minimum absolute atomic E-state index is 0.205. The van der Waals surface area contributed by atoms with E-state index in [-0.39, 0.29) is 6.04 Å². The lowest BCUT2D eigenvalue weighted by Gasteiger charge is -2.39. The van der Waals surface area contributed by atoms with Gasteiger partial charge in [0.25, 0.3) is 0 Å². The van der Waals surface area contributed by atoms with E-state index in [4.69, 9.17) is 9.47 Å². The van der Waals surface area contributed by atoms with Crippen LogP contribution < -0.4 is 9.47 Å². The van der Waals surface area contributed by atoms with Crippen molar-refractivity contribution in [1.29, 1.82) is 0 Å². The highest BCUT2D eigenvalue weighted by molar-refractivity contribution is 5.82. The van der Waals surface area contributed by atoms with E-state index in [9.17, 15) is 9.90 Å². The highest BCUT2D eigenvalue weighted by Crippen LogP contribution is 2.38. The number of piperidine rings is 1. The molecule has 0 aliphatic carbocycles. The molecule has 6 nitrogen and oxygen atoms in total. The first-order valence-electron chi connectivity index (χ1n) is 10.2. The second kappa shape index (κ2) is 8.71. The molecule has 4 rings (SSSR count). The van der Waals surface area contributed by atoms with Crippen LogP contribution in [0.4, 0.5) is 0 Å². The molecular weight excluding hydrogens is 380 g/mol. The summed E-state index contributed by atoms with van der Waals surface area (Å²) in [5.41, 5.74) is 2.03. The highest BCUT2D eigenvalue weighted by atomic mass is 16.5. The lowest BCUT2D eigenvalue weighted by molar-refractivity contribution is -0.145. The summed E-state index contributed by atoms with van der Waals surface area (Å²) < 4.78 is 10.9. The van der Waals surface area contributed by atoms with Crippen molar-refractivity contribution in [3.8, 4) is 11.5 Å². The summed E-state index contributed by atoms with van der Waals surface area (Å²) in [6.07, 6.45) is 6.17. The number of benzene rings is 2. The molecule has 1 N–H and O–H groups in total. The zero-order chi connectivity index (χ0) is 21.1. The van der Waals surface area contributed by atoms with Gasteiger partial charge < -0.3 is 14.6 Å². The minimum Gasteiger partial charge on any atom is -0.493 e. The summed E-state index contributed by atoms with van der Waals surface area (Å²) in [5.74, 6) is 0.511. The second-order valence-corrected chi connectivity index (χ2v) is 7.59. The first-order valence-corrected chi connectivity index (χ1v) is 10.2. The van der Waals surface area contributed by atoms with Gasteiger partial charge in [0.15, 0.2) is 11.5 Å². The number of hydrogen-bond donors (Lipinski definition) is 1. The summed E-state index contributed by atoms with van der Waals surface area (Å²) in [6.45, 7) is 0.727. The van der Waals surface area contributed by atoms with E-state index in [0.29, 0.717) is 17.9 Å². The van der Waals surface area contributed by atoms with E-state index in [1.807, 2.05) is 36.5 Å². The van der Waals surface area contributed by atoms with Crippen molar-refractivity contribution in [2.45, 2.75) is 31.3 Å². The van der Waals surface area contributed by atoms with Crippen LogP contribution in [-0.4, -0.2) is 47.8 Å². The molecule has 1 fully saturated rings. The average Bonchev–Trinajstić information content (AvgIpc) is 2.79. The Hall–Kier alpha value is -3.12. The summed E-state index contributed by atoms with van der Waals surface area (Å²) >= 11 is 0. The molecule has 2 heterocycles. The van der Waals surface area contributed by atoms with Crippen LogP contribution in [0.5, 0.6) is 11.5 Å². The molecule has 6 heteroatoms. The fraction of sp³-hybridized carbons (Fsp3) is 0.333. The number of aromatic nitrogens is 1. The Balaban J connectivity index is 1.86. The number of pyridine rings is 1. The number of carboxylic acids is 1. The predicted molar refractivity (Wildman–Crippen MR) is 115 cm³/mol. The molecule has 0 amide bonds. The van der Waals surface area contributed by atoms with Crippen molar-refractivity contribution < 1.29 is 19.4 Å². The Morgan fingerprint density at radius 2 is 1.80 bits per heavy atom. The van der Waals surface area contributed by atoms with E-state index in [2.05, 4.69) is 22.0 Å². The first kappa shape index (κ1) is 20.2. The molecule has 2 aromatic carbocycles. The molecule has 156 valence electrons. The molecule has 1 aromatic heterocycles. The molecule has 0 saturated carbocycles. The van der Waals surface area contributed by atoms with Crippen LogP contribution in [-0.2, 0) is 4.79 Å². The average molecular weight is 406 g/mol. The zero-order valence-corrected chi connectivity index (χ0v) is 17.2. The van der Waals surface area contributed by atoms with Gasteiger partial charge >= 0.3 is 5.97 Å². The van der Waals surface area contributed by atoms with Gasteiger partial charge in [-0.2, -0.15) is 0 Å². The number of fused-ring (bicyclic) bond motifs is 1. The topological polar surface area (TPSA) is 71.9 Å². The maximum Gasteiger partial charge on any atom is 0.320 e. The Morgan fingerprint density at radius 1 is 1.03 bits per heavy atom. The molecule has 1 aliphatic heterocycles. The first-order chi connectivity index (χ1) is 14.6. The standard InChI is InChI=1S/C24H26N2O4/c1-29-21-9-8-18(14-22(21)30-2)23(26-12-4-3-5-20(26)24(27)28)17-6-7-19-15-25-11-10-16(19)13-17/h6-11,13-15,20,23H,3-5,12H2,1-2H3,(H,27,28). The van der Waals surface area contributed by atoms with Gasteiger partial charge in [0.05, 0.1) is 20.3 Å². The third kappa shape index (κ3) is 3.83. The quantitative estimate of drug-likeness (QED) is 0.659. The number of hydrogen-bond acceptors (Lipinski definition) is 5. The van der Waals surface area contributed by atoms with Crippen molar-refractivity contribution >= 4 is 16.7 Å². The van der Waals surface area contributed by atoms with Crippen molar-refractivity contribution in [3.63, 3.8) is 0 Å². The summed E-state index contributed by atoms with van der Waals surface area (Å²) in [5, 5.41) is 12.0. The molecule has 0 radical (unpaired) electrons. The molecule has 0 spiro atoms. The fourth-order valence-electron chi connectivity index (χ4n) is 4.40. The monoisotopic (exact) mass is 406 g/mol. The van der Waals surface area contributed by atoms with Crippen LogP contribution >= 0.6 is 0 Å². The smallest absolute Gasteiger partial charge is 0.320 e. The van der Waals surface area contributed by atoms with Crippen molar-refractivity contribution in [2.75, 3.05) is 20.8 Å². The van der Waals surface area contributed by atoms with Crippen molar-refractivity contribution in [2.24, 2.45) is 0 Å². The number of methoxy groups -OCH3 is 2. The Labute approximate surface area is 176 Å². The Morgan fingerprint density at radius 3 is 2.57 bits per heavy atom. The van der Waals surface area contributed by atoms with Crippen LogP contribution in [0.1, 0.15) is 36.4 Å². The maximum atomic E-state index is 12.1. The summed E-state index contributed by atoms with van der Waals surface area (Å²) in [7, 11) is 3.22. The normalized spacial score (nSPS) is 18.1. The van der Waals surface area contributed by atoms with E-state index in [1.54, 1.807) is 20.4 Å². The van der Waals surface area contributed by atoms with E-state index < -0.39 is 12.0 Å². The third-order valence-corrected chi connectivity index (χ3v) is 5.86. The van der Waals surface area contributed by atoms with Crippen molar-refractivity contribution in [1.82, 2.24) is 9.88 Å². The zero-order valence-electron chi connectivity index (χ0n) is 17.2. The molecule has 2 unspecified atom stereocenters. The fourth-order valence-corrected chi connectivity index (χ4v) is 4.40. The number of rotatable bonds is 6. The summed E-state index contributed by atoms with van der Waals surface area (Å²) in [4.78, 5) is 18.4. The van der Waals surface area contributed by atoms with Gasteiger partial charge in [0.2, 0.25) is 0 Å². The van der Waals surface area contributed by atoms with Crippen LogP contribution in [0.2, 0.25) is 0 Å². The maximum absolute atomic E-state index is 12.1. The molecular formula is C24H26N2O4. The Kier molecular flexibility index (Phi) is 5.86. The lowest BCUT2D eigenvalue weighted by Crippen LogP contribution is -2.46. The summed E-state index contributed by atoms with van der Waals surface area (Å²) in [6, 6.07) is 13.3. The van der Waals surface area contributed by atoms with Crippen LogP contribution in [0.3, 0.4) is 0 Å².